The Morgan fingerprint density at radius 2 is 1.74 bits per heavy atom. The summed E-state index contributed by atoms with van der Waals surface area (Å²) in [6.07, 6.45) is 1.79. The van der Waals surface area contributed by atoms with Crippen molar-refractivity contribution in [2.45, 2.75) is 6.18 Å². The third kappa shape index (κ3) is 6.41. The predicted molar refractivity (Wildman–Crippen MR) is 143 cm³/mol. The number of hydrogen-bond donors (Lipinski definition) is 1. The van der Waals surface area contributed by atoms with Crippen LogP contribution in [0.15, 0.2) is 61.3 Å². The van der Waals surface area contributed by atoms with Gasteiger partial charge in [0.2, 0.25) is 0 Å². The van der Waals surface area contributed by atoms with Crippen LogP contribution in [0.25, 0.3) is 16.7 Å². The smallest absolute Gasteiger partial charge is 0.422 e. The lowest BCUT2D eigenvalue weighted by Gasteiger charge is -2.12. The first-order valence-corrected chi connectivity index (χ1v) is 12.2. The van der Waals surface area contributed by atoms with E-state index in [-0.39, 0.29) is 16.8 Å². The average Bonchev–Trinajstić information content (AvgIpc) is 3.41. The third-order valence-corrected chi connectivity index (χ3v) is 5.74. The van der Waals surface area contributed by atoms with Gasteiger partial charge in [-0.15, -0.1) is 0 Å². The number of rotatable bonds is 9. The van der Waals surface area contributed by atoms with Crippen LogP contribution in [-0.4, -0.2) is 62.6 Å². The van der Waals surface area contributed by atoms with Gasteiger partial charge in [0.05, 0.1) is 44.5 Å². The Hall–Kier alpha value is -5.18. The highest BCUT2D eigenvalue weighted by Gasteiger charge is 2.30. The largest absolute Gasteiger partial charge is 0.493 e. The van der Waals surface area contributed by atoms with E-state index in [2.05, 4.69) is 30.4 Å². The molecule has 5 rings (SSSR count). The number of nitrogens with one attached hydrogen (secondary N) is 1. The molecule has 12 nitrogen and oxygen atoms in total. The fourth-order valence-corrected chi connectivity index (χ4v) is 3.77. The monoisotopic (exact) mass is 601 g/mol. The molecule has 216 valence electrons. The van der Waals surface area contributed by atoms with E-state index in [1.54, 1.807) is 30.5 Å². The number of aromatic nitrogens is 6. The Morgan fingerprint density at radius 3 is 2.40 bits per heavy atom. The minimum atomic E-state index is -4.65. The Labute approximate surface area is 240 Å². The van der Waals surface area contributed by atoms with Gasteiger partial charge in [-0.25, -0.2) is 19.6 Å². The Bertz CT molecular complexity index is 1730. The number of anilines is 1. The fraction of sp³-hybridized carbons (Fsp3) is 0.154. The van der Waals surface area contributed by atoms with Crippen LogP contribution in [0.5, 0.6) is 28.7 Å². The lowest BCUT2D eigenvalue weighted by molar-refractivity contribution is -0.153. The van der Waals surface area contributed by atoms with Crippen molar-refractivity contribution in [3.63, 3.8) is 0 Å². The first-order chi connectivity index (χ1) is 20.1. The summed E-state index contributed by atoms with van der Waals surface area (Å²) in [6, 6.07) is 8.08. The van der Waals surface area contributed by atoms with Gasteiger partial charge in [-0.1, -0.05) is 11.6 Å². The summed E-state index contributed by atoms with van der Waals surface area (Å²) in [7, 11) is 3.03. The second kappa shape index (κ2) is 11.7. The van der Waals surface area contributed by atoms with Gasteiger partial charge in [-0.2, -0.15) is 18.3 Å². The number of benzene rings is 1. The van der Waals surface area contributed by atoms with Crippen molar-refractivity contribution < 1.29 is 36.9 Å². The molecule has 0 unspecified atom stereocenters. The van der Waals surface area contributed by atoms with Crippen LogP contribution in [0.1, 0.15) is 10.5 Å². The normalized spacial score (nSPS) is 11.3. The minimum Gasteiger partial charge on any atom is -0.493 e. The van der Waals surface area contributed by atoms with E-state index in [1.165, 1.54) is 38.9 Å². The van der Waals surface area contributed by atoms with E-state index >= 15 is 0 Å². The lowest BCUT2D eigenvalue weighted by atomic mass is 10.2. The maximum absolute atomic E-state index is 13.0. The van der Waals surface area contributed by atoms with Crippen LogP contribution >= 0.6 is 11.6 Å². The number of amides is 1. The second-order valence-corrected chi connectivity index (χ2v) is 8.74. The molecule has 0 atom stereocenters. The second-order valence-electron chi connectivity index (χ2n) is 8.36. The summed E-state index contributed by atoms with van der Waals surface area (Å²) in [5.41, 5.74) is 0.167. The quantitative estimate of drug-likeness (QED) is 0.238. The molecule has 16 heteroatoms. The molecule has 4 heterocycles. The first-order valence-electron chi connectivity index (χ1n) is 11.9. The van der Waals surface area contributed by atoms with Gasteiger partial charge in [-0.3, -0.25) is 9.78 Å². The number of pyridine rings is 2. The number of nitrogens with zero attached hydrogens (tertiary/aromatic N) is 6. The summed E-state index contributed by atoms with van der Waals surface area (Å²) >= 11 is 5.74. The maximum Gasteiger partial charge on any atom is 0.422 e. The molecule has 1 aromatic carbocycles. The molecule has 0 bridgehead atoms. The highest BCUT2D eigenvalue weighted by Crippen LogP contribution is 2.37. The molecule has 0 aliphatic heterocycles. The van der Waals surface area contributed by atoms with Crippen LogP contribution in [-0.2, 0) is 0 Å². The SMILES string of the molecule is COc1cc2nccc(Oc3ccc(NC(=O)c4nn(-c5cnc(Cl)cn5)cc4OCC(F)(F)F)nc3)c2cc1OC. The molecule has 42 heavy (non-hydrogen) atoms. The molecule has 0 aliphatic rings. The molecule has 1 N–H and O–H groups in total. The number of carbonyl (C=O) groups excluding carboxylic acids is 1. The number of ether oxygens (including phenoxy) is 4. The molecule has 5 aromatic rings. The number of alkyl halides is 3. The summed E-state index contributed by atoms with van der Waals surface area (Å²) in [4.78, 5) is 29.3. The molecular weight excluding hydrogens is 583 g/mol. The van der Waals surface area contributed by atoms with E-state index in [4.69, 9.17) is 30.5 Å². The molecule has 0 aliphatic carbocycles. The Balaban J connectivity index is 1.35. The molecule has 0 radical (unpaired) electrons. The van der Waals surface area contributed by atoms with Crippen molar-refractivity contribution in [3.05, 3.63) is 72.2 Å². The zero-order chi connectivity index (χ0) is 29.9. The molecule has 0 spiro atoms. The van der Waals surface area contributed by atoms with Gasteiger partial charge < -0.3 is 24.3 Å². The Kier molecular flexibility index (Phi) is 7.93. The van der Waals surface area contributed by atoms with Crippen molar-refractivity contribution in [3.8, 4) is 34.6 Å². The van der Waals surface area contributed by atoms with Crippen molar-refractivity contribution in [1.82, 2.24) is 29.7 Å². The van der Waals surface area contributed by atoms with E-state index in [0.29, 0.717) is 33.9 Å². The van der Waals surface area contributed by atoms with Crippen molar-refractivity contribution in [2.75, 3.05) is 26.1 Å². The maximum atomic E-state index is 13.0. The molecule has 0 fully saturated rings. The predicted octanol–water partition coefficient (Wildman–Crippen LogP) is 5.26. The number of methoxy groups -OCH3 is 2. The van der Waals surface area contributed by atoms with Gasteiger partial charge in [-0.05, 0) is 24.3 Å². The van der Waals surface area contributed by atoms with E-state index in [1.807, 2.05) is 0 Å². The summed E-state index contributed by atoms with van der Waals surface area (Å²) < 4.78 is 61.0. The standard InChI is InChI=1S/C26H19ClF3N7O5/c1-39-18-7-15-16(8-19(18)40-2)31-6-5-17(15)42-14-3-4-22(33-9-14)35-25(38)24-20(41-13-26(28,29)30)12-37(36-24)23-11-32-21(27)10-34-23/h3-12H,13H2,1-2H3,(H,33,35,38). The molecule has 1 amide bonds. The molecule has 0 saturated heterocycles. The third-order valence-electron chi connectivity index (χ3n) is 5.54. The van der Waals surface area contributed by atoms with Gasteiger partial charge in [0.1, 0.15) is 22.5 Å². The summed E-state index contributed by atoms with van der Waals surface area (Å²) in [5, 5.41) is 7.25. The van der Waals surface area contributed by atoms with Crippen LogP contribution < -0.4 is 24.3 Å². The highest BCUT2D eigenvalue weighted by molar-refractivity contribution is 6.29. The number of fused-ring (bicyclic) bond motifs is 1. The zero-order valence-electron chi connectivity index (χ0n) is 21.7. The van der Waals surface area contributed by atoms with Crippen molar-refractivity contribution in [1.29, 1.82) is 0 Å². The molecule has 0 saturated carbocycles. The van der Waals surface area contributed by atoms with Gasteiger partial charge >= 0.3 is 6.18 Å². The van der Waals surface area contributed by atoms with E-state index in [9.17, 15) is 18.0 Å². The lowest BCUT2D eigenvalue weighted by Crippen LogP contribution is -2.21. The zero-order valence-corrected chi connectivity index (χ0v) is 22.5. The Morgan fingerprint density at radius 1 is 0.952 bits per heavy atom. The van der Waals surface area contributed by atoms with Crippen LogP contribution in [0.4, 0.5) is 19.0 Å². The first kappa shape index (κ1) is 28.4. The molecular formula is C26H19ClF3N7O5. The number of hydrogen-bond acceptors (Lipinski definition) is 10. The van der Waals surface area contributed by atoms with Gasteiger partial charge in [0.15, 0.2) is 35.4 Å². The fourth-order valence-electron chi connectivity index (χ4n) is 3.68. The average molecular weight is 602 g/mol. The topological polar surface area (TPSA) is 135 Å². The van der Waals surface area contributed by atoms with Crippen LogP contribution in [0.3, 0.4) is 0 Å². The van der Waals surface area contributed by atoms with Gasteiger partial charge in [0, 0.05) is 17.6 Å². The minimum absolute atomic E-state index is 0.0703. The van der Waals surface area contributed by atoms with Crippen molar-refractivity contribution >= 4 is 34.2 Å². The van der Waals surface area contributed by atoms with Crippen LogP contribution in [0.2, 0.25) is 5.15 Å². The van der Waals surface area contributed by atoms with Gasteiger partial charge in [0.25, 0.3) is 5.91 Å². The summed E-state index contributed by atoms with van der Waals surface area (Å²) in [5.74, 6) is 0.637. The van der Waals surface area contributed by atoms with E-state index in [0.717, 1.165) is 10.9 Å². The van der Waals surface area contributed by atoms with Crippen molar-refractivity contribution in [2.24, 2.45) is 0 Å². The number of halogens is 4. The number of carbonyl (C=O) groups is 1. The molecule has 4 aromatic heterocycles. The summed E-state index contributed by atoms with van der Waals surface area (Å²) in [6.45, 7) is -1.64. The van der Waals surface area contributed by atoms with E-state index < -0.39 is 30.1 Å². The van der Waals surface area contributed by atoms with Crippen LogP contribution in [0, 0.1) is 0 Å². The highest BCUT2D eigenvalue weighted by atomic mass is 35.5.